The Labute approximate surface area is 175 Å². The van der Waals surface area contributed by atoms with Gasteiger partial charge in [0.2, 0.25) is 11.8 Å². The molecule has 0 aliphatic carbocycles. The third-order valence-corrected chi connectivity index (χ3v) is 5.71. The molecule has 2 N–H and O–H groups in total. The van der Waals surface area contributed by atoms with Crippen molar-refractivity contribution in [2.24, 2.45) is 11.8 Å². The van der Waals surface area contributed by atoms with E-state index in [1.807, 2.05) is 5.32 Å². The van der Waals surface area contributed by atoms with Crippen LogP contribution in [0.1, 0.15) is 30.5 Å². The number of hydrogen-bond donors (Lipinski definition) is 2. The van der Waals surface area contributed by atoms with Gasteiger partial charge in [0.15, 0.2) is 0 Å². The Hall–Kier alpha value is -2.74. The minimum absolute atomic E-state index is 0.357. The highest BCUT2D eigenvalue weighted by Gasteiger charge is 2.49. The highest BCUT2D eigenvalue weighted by molar-refractivity contribution is 6.30. The van der Waals surface area contributed by atoms with E-state index in [1.54, 1.807) is 42.5 Å². The number of alkyl halides is 3. The summed E-state index contributed by atoms with van der Waals surface area (Å²) in [6.07, 6.45) is -4.91. The standard InChI is InChI=1S/C21H18ClF3N2O3/c1-10-8-16(21(23,24)25)26-19(28)17(10)20(29)27-18-12-4-2-3-5-14(12)30-15-9-11(22)6-7-13(15)18/h2-7,9-10,16-18H,8H2,1H3,(H,26,28)(H,27,29). The van der Waals surface area contributed by atoms with Crippen LogP contribution >= 0.6 is 11.6 Å². The zero-order valence-electron chi connectivity index (χ0n) is 15.8. The van der Waals surface area contributed by atoms with Crippen LogP contribution in [0.15, 0.2) is 42.5 Å². The van der Waals surface area contributed by atoms with E-state index in [2.05, 4.69) is 5.32 Å². The average Bonchev–Trinajstić information content (AvgIpc) is 2.66. The molecule has 30 heavy (non-hydrogen) atoms. The fourth-order valence-electron chi connectivity index (χ4n) is 4.00. The van der Waals surface area contributed by atoms with E-state index < -0.39 is 41.9 Å². The summed E-state index contributed by atoms with van der Waals surface area (Å²) in [6.45, 7) is 1.48. The molecule has 4 rings (SSSR count). The number of nitrogens with one attached hydrogen (secondary N) is 2. The Morgan fingerprint density at radius 3 is 2.57 bits per heavy atom. The van der Waals surface area contributed by atoms with E-state index >= 15 is 0 Å². The molecule has 2 aliphatic rings. The van der Waals surface area contributed by atoms with Crippen LogP contribution in [0, 0.1) is 11.8 Å². The summed E-state index contributed by atoms with van der Waals surface area (Å²) >= 11 is 6.06. The molecule has 1 fully saturated rings. The van der Waals surface area contributed by atoms with Gasteiger partial charge in [-0.2, -0.15) is 13.2 Å². The Morgan fingerprint density at radius 1 is 1.17 bits per heavy atom. The summed E-state index contributed by atoms with van der Waals surface area (Å²) in [6, 6.07) is 9.49. The molecule has 1 saturated heterocycles. The van der Waals surface area contributed by atoms with Gasteiger partial charge in [-0.05, 0) is 30.5 Å². The number of fused-ring (bicyclic) bond motifs is 2. The zero-order chi connectivity index (χ0) is 21.6. The second kappa shape index (κ2) is 7.50. The minimum atomic E-state index is -4.55. The number of amides is 2. The Balaban J connectivity index is 1.62. The summed E-state index contributed by atoms with van der Waals surface area (Å²) in [5.74, 6) is -2.58. The lowest BCUT2D eigenvalue weighted by atomic mass is 9.82. The first-order valence-corrected chi connectivity index (χ1v) is 9.76. The van der Waals surface area contributed by atoms with Crippen molar-refractivity contribution < 1.29 is 27.5 Å². The SMILES string of the molecule is CC1CC(C(F)(F)F)NC(=O)C1C(=O)NC1c2ccccc2Oc2cc(Cl)ccc21. The molecule has 0 bridgehead atoms. The van der Waals surface area contributed by atoms with Gasteiger partial charge in [0.25, 0.3) is 0 Å². The number of hydrogen-bond acceptors (Lipinski definition) is 3. The minimum Gasteiger partial charge on any atom is -0.457 e. The van der Waals surface area contributed by atoms with Gasteiger partial charge in [-0.3, -0.25) is 9.59 Å². The summed E-state index contributed by atoms with van der Waals surface area (Å²) in [5, 5.41) is 5.22. The first-order chi connectivity index (χ1) is 14.1. The van der Waals surface area contributed by atoms with Crippen LogP contribution in [0.25, 0.3) is 0 Å². The zero-order valence-corrected chi connectivity index (χ0v) is 16.6. The fourth-order valence-corrected chi connectivity index (χ4v) is 4.16. The van der Waals surface area contributed by atoms with Gasteiger partial charge in [0.05, 0.1) is 6.04 Å². The summed E-state index contributed by atoms with van der Waals surface area (Å²) < 4.78 is 44.9. The topological polar surface area (TPSA) is 67.4 Å². The fraction of sp³-hybridized carbons (Fsp3) is 0.333. The van der Waals surface area contributed by atoms with Crippen LogP contribution in [0.2, 0.25) is 5.02 Å². The van der Waals surface area contributed by atoms with Crippen molar-refractivity contribution in [1.82, 2.24) is 10.6 Å². The molecule has 2 aromatic carbocycles. The van der Waals surface area contributed by atoms with Gasteiger partial charge in [-0.25, -0.2) is 0 Å². The maximum absolute atomic E-state index is 13.0. The molecule has 0 radical (unpaired) electrons. The molecule has 4 atom stereocenters. The predicted molar refractivity (Wildman–Crippen MR) is 103 cm³/mol. The van der Waals surface area contributed by atoms with Crippen molar-refractivity contribution in [3.05, 3.63) is 58.6 Å². The molecular formula is C21H18ClF3N2O3. The maximum atomic E-state index is 13.0. The summed E-state index contributed by atoms with van der Waals surface area (Å²) in [7, 11) is 0. The summed E-state index contributed by atoms with van der Waals surface area (Å²) in [5.41, 5.74) is 1.32. The van der Waals surface area contributed by atoms with Crippen molar-refractivity contribution >= 4 is 23.4 Å². The highest BCUT2D eigenvalue weighted by Crippen LogP contribution is 2.44. The average molecular weight is 439 g/mol. The lowest BCUT2D eigenvalue weighted by molar-refractivity contribution is -0.175. The van der Waals surface area contributed by atoms with E-state index in [1.165, 1.54) is 6.92 Å². The maximum Gasteiger partial charge on any atom is 0.408 e. The van der Waals surface area contributed by atoms with Crippen molar-refractivity contribution in [3.63, 3.8) is 0 Å². The third-order valence-electron chi connectivity index (χ3n) is 5.48. The number of ether oxygens (including phenoxy) is 1. The number of piperidine rings is 1. The molecule has 158 valence electrons. The van der Waals surface area contributed by atoms with Gasteiger partial charge in [0, 0.05) is 16.1 Å². The Bertz CT molecular complexity index is 1010. The number of carbonyl (C=O) groups is 2. The Kier molecular flexibility index (Phi) is 5.13. The molecule has 2 heterocycles. The van der Waals surface area contributed by atoms with Crippen LogP contribution in [-0.4, -0.2) is 24.0 Å². The highest BCUT2D eigenvalue weighted by atomic mass is 35.5. The molecule has 2 amide bonds. The second-order valence-corrected chi connectivity index (χ2v) is 7.99. The normalized spacial score (nSPS) is 25.4. The second-order valence-electron chi connectivity index (χ2n) is 7.56. The number of para-hydroxylation sites is 1. The van der Waals surface area contributed by atoms with Crippen molar-refractivity contribution in [3.8, 4) is 11.5 Å². The van der Waals surface area contributed by atoms with E-state index in [-0.39, 0.29) is 6.42 Å². The van der Waals surface area contributed by atoms with Gasteiger partial charge in [0.1, 0.15) is 23.5 Å². The van der Waals surface area contributed by atoms with E-state index in [4.69, 9.17) is 16.3 Å². The number of carbonyl (C=O) groups excluding carboxylic acids is 2. The molecule has 0 spiro atoms. The number of rotatable bonds is 2. The molecular weight excluding hydrogens is 421 g/mol. The van der Waals surface area contributed by atoms with Gasteiger partial charge >= 0.3 is 6.18 Å². The molecule has 4 unspecified atom stereocenters. The predicted octanol–water partition coefficient (Wildman–Crippen LogP) is 4.35. The van der Waals surface area contributed by atoms with Crippen LogP contribution in [0.5, 0.6) is 11.5 Å². The third kappa shape index (κ3) is 3.71. The largest absolute Gasteiger partial charge is 0.457 e. The molecule has 2 aromatic rings. The van der Waals surface area contributed by atoms with Crippen LogP contribution < -0.4 is 15.4 Å². The van der Waals surface area contributed by atoms with Gasteiger partial charge in [-0.1, -0.05) is 42.8 Å². The molecule has 5 nitrogen and oxygen atoms in total. The molecule has 2 aliphatic heterocycles. The van der Waals surface area contributed by atoms with E-state index in [0.29, 0.717) is 27.6 Å². The van der Waals surface area contributed by atoms with Gasteiger partial charge < -0.3 is 15.4 Å². The number of benzene rings is 2. The first-order valence-electron chi connectivity index (χ1n) is 9.39. The molecule has 0 saturated carbocycles. The summed E-state index contributed by atoms with van der Waals surface area (Å²) in [4.78, 5) is 25.4. The first kappa shape index (κ1) is 20.5. The van der Waals surface area contributed by atoms with Crippen LogP contribution in [0.4, 0.5) is 13.2 Å². The Morgan fingerprint density at radius 2 is 1.87 bits per heavy atom. The van der Waals surface area contributed by atoms with Crippen molar-refractivity contribution in [1.29, 1.82) is 0 Å². The van der Waals surface area contributed by atoms with Crippen LogP contribution in [0.3, 0.4) is 0 Å². The van der Waals surface area contributed by atoms with E-state index in [0.717, 1.165) is 0 Å². The van der Waals surface area contributed by atoms with E-state index in [9.17, 15) is 22.8 Å². The van der Waals surface area contributed by atoms with Gasteiger partial charge in [-0.15, -0.1) is 0 Å². The van der Waals surface area contributed by atoms with Crippen molar-refractivity contribution in [2.75, 3.05) is 0 Å². The lowest BCUT2D eigenvalue weighted by Crippen LogP contribution is -2.57. The monoisotopic (exact) mass is 438 g/mol. The smallest absolute Gasteiger partial charge is 0.408 e. The van der Waals surface area contributed by atoms with Crippen LogP contribution in [-0.2, 0) is 9.59 Å². The number of halogens is 4. The molecule has 0 aromatic heterocycles. The van der Waals surface area contributed by atoms with Crippen molar-refractivity contribution in [2.45, 2.75) is 31.6 Å². The molecule has 9 heteroatoms. The quantitative estimate of drug-likeness (QED) is 0.685. The lowest BCUT2D eigenvalue weighted by Gasteiger charge is -2.36.